The molecule has 0 aliphatic heterocycles. The maximum Gasteiger partial charge on any atom is 0.508 e. The van der Waals surface area contributed by atoms with Gasteiger partial charge in [-0.2, -0.15) is 0 Å². The predicted octanol–water partition coefficient (Wildman–Crippen LogP) is 2.74. The fourth-order valence-electron chi connectivity index (χ4n) is 0.206. The second kappa shape index (κ2) is 8.37. The highest BCUT2D eigenvalue weighted by atomic mass is 16.7. The molecule has 0 spiro atoms. The van der Waals surface area contributed by atoms with Gasteiger partial charge in [-0.3, -0.25) is 0 Å². The molecule has 0 saturated carbocycles. The topological polar surface area (TPSA) is 35.5 Å². The van der Waals surface area contributed by atoms with Crippen molar-refractivity contribution in [1.29, 1.82) is 0 Å². The molecule has 72 valence electrons. The Labute approximate surface area is 99.3 Å². The maximum absolute atomic E-state index is 11.7. The van der Waals surface area contributed by atoms with Crippen LogP contribution in [0.2, 0.25) is 0 Å². The molecule has 0 amide bonds. The van der Waals surface area contributed by atoms with Crippen LogP contribution in [0.3, 0.4) is 0 Å². The van der Waals surface area contributed by atoms with Crippen molar-refractivity contribution in [1.82, 2.24) is 0 Å². The smallest absolute Gasteiger partial charge is 0.434 e. The molecule has 0 saturated heterocycles. The summed E-state index contributed by atoms with van der Waals surface area (Å²) in [6.07, 6.45) is -18.5. The zero-order chi connectivity index (χ0) is 25.0. The number of carbonyl (C=O) groups is 1. The van der Waals surface area contributed by atoms with Crippen LogP contribution in [0.5, 0.6) is 0 Å². The third kappa shape index (κ3) is 7.38. The second-order valence-electron chi connectivity index (χ2n) is 1.16. The van der Waals surface area contributed by atoms with Crippen LogP contribution in [-0.2, 0) is 9.47 Å². The Morgan fingerprint density at radius 2 is 1.75 bits per heavy atom. The molecular formula is C9H18O3. The van der Waals surface area contributed by atoms with Gasteiger partial charge >= 0.3 is 6.16 Å². The lowest BCUT2D eigenvalue weighted by molar-refractivity contribution is 0.0536. The molecule has 12 heavy (non-hydrogen) atoms. The molecule has 0 N–H and O–H groups in total. The first-order valence-corrected chi connectivity index (χ1v) is 2.52. The van der Waals surface area contributed by atoms with E-state index in [9.17, 15) is 4.79 Å². The molecular weight excluding hydrogens is 156 g/mol. The lowest BCUT2D eigenvalue weighted by Gasteiger charge is -2.04. The molecule has 0 unspecified atom stereocenters. The van der Waals surface area contributed by atoms with Crippen LogP contribution in [0.4, 0.5) is 4.79 Å². The minimum atomic E-state index is -4.10. The largest absolute Gasteiger partial charge is 0.508 e. The highest BCUT2D eigenvalue weighted by Gasteiger charge is 2.00. The standard InChI is InChI=1S/C9H18O3/c1-3-5-7-11-9(10)12-8-6-4-2/h3-8H2,1-2H3/i1D3,2D3,3D2,4D2,5D2,6D2,7D2,8D2. The summed E-state index contributed by atoms with van der Waals surface area (Å²) in [6, 6.07) is 0. The van der Waals surface area contributed by atoms with E-state index < -0.39 is 58.5 Å². The average Bonchev–Trinajstić information content (AvgIpc) is 2.42. The van der Waals surface area contributed by atoms with Crippen LogP contribution in [0.1, 0.15) is 63.9 Å². The third-order valence-electron chi connectivity index (χ3n) is 0.496. The van der Waals surface area contributed by atoms with Crippen molar-refractivity contribution in [2.24, 2.45) is 0 Å². The first-order valence-electron chi connectivity index (χ1n) is 11.5. The van der Waals surface area contributed by atoms with E-state index in [1.807, 2.05) is 0 Å². The molecule has 0 bridgehead atoms. The summed E-state index contributed by atoms with van der Waals surface area (Å²) < 4.78 is 138. The van der Waals surface area contributed by atoms with Gasteiger partial charge in [-0.25, -0.2) is 4.79 Å². The van der Waals surface area contributed by atoms with Crippen LogP contribution in [0.25, 0.3) is 0 Å². The van der Waals surface area contributed by atoms with Crippen LogP contribution < -0.4 is 0 Å². The third-order valence-corrected chi connectivity index (χ3v) is 0.496. The Morgan fingerprint density at radius 1 is 1.25 bits per heavy atom. The molecule has 0 fully saturated rings. The molecule has 0 aromatic rings. The van der Waals surface area contributed by atoms with Gasteiger partial charge in [0.1, 0.15) is 0 Å². The highest BCUT2D eigenvalue weighted by molar-refractivity contribution is 5.59. The Morgan fingerprint density at radius 3 is 2.17 bits per heavy atom. The maximum atomic E-state index is 11.7. The zero-order valence-corrected chi connectivity index (χ0v) is 5.72. The first-order chi connectivity index (χ1) is 12.6. The number of hydrogen-bond donors (Lipinski definition) is 0. The van der Waals surface area contributed by atoms with Gasteiger partial charge in [0.15, 0.2) is 0 Å². The van der Waals surface area contributed by atoms with Gasteiger partial charge in [0.25, 0.3) is 0 Å². The Balaban J connectivity index is 5.84. The molecule has 3 heteroatoms. The summed E-state index contributed by atoms with van der Waals surface area (Å²) in [7, 11) is 0. The molecule has 0 heterocycles. The van der Waals surface area contributed by atoms with Crippen LogP contribution in [0, 0.1) is 0 Å². The second-order valence-corrected chi connectivity index (χ2v) is 1.16. The molecule has 0 aliphatic carbocycles. The highest BCUT2D eigenvalue weighted by Crippen LogP contribution is 1.93. The Bertz CT molecular complexity index is 588. The number of hydrogen-bond acceptors (Lipinski definition) is 3. The summed E-state index contributed by atoms with van der Waals surface area (Å²) >= 11 is 0. The normalized spacial score (nSPS) is 41.0. The van der Waals surface area contributed by atoms with Crippen LogP contribution in [-0.4, -0.2) is 19.3 Å². The summed E-state index contributed by atoms with van der Waals surface area (Å²) in [5.74, 6) is 0. The van der Waals surface area contributed by atoms with Crippen molar-refractivity contribution < 1.29 is 38.9 Å². The zero-order valence-electron chi connectivity index (χ0n) is 23.7. The van der Waals surface area contributed by atoms with E-state index in [1.165, 1.54) is 0 Å². The van der Waals surface area contributed by atoms with Crippen molar-refractivity contribution in [2.45, 2.75) is 39.2 Å². The number of ether oxygens (including phenoxy) is 2. The quantitative estimate of drug-likeness (QED) is 0.607. The molecule has 0 rings (SSSR count). The van der Waals surface area contributed by atoms with E-state index in [0.29, 0.717) is 0 Å². The van der Waals surface area contributed by atoms with Crippen molar-refractivity contribution in [3.05, 3.63) is 0 Å². The van der Waals surface area contributed by atoms with Gasteiger partial charge in [-0.1, -0.05) is 26.4 Å². The lowest BCUT2D eigenvalue weighted by Crippen LogP contribution is -2.09. The molecule has 3 nitrogen and oxygen atoms in total. The van der Waals surface area contributed by atoms with Crippen LogP contribution >= 0.6 is 0 Å². The number of rotatable bonds is 6. The van der Waals surface area contributed by atoms with Gasteiger partial charge in [0, 0.05) is 19.2 Å². The minimum Gasteiger partial charge on any atom is -0.434 e. The van der Waals surface area contributed by atoms with Crippen molar-refractivity contribution in [3.8, 4) is 0 Å². The predicted molar refractivity (Wildman–Crippen MR) is 47.1 cm³/mol. The van der Waals surface area contributed by atoms with Gasteiger partial charge in [-0.05, 0) is 12.7 Å². The first kappa shape index (κ1) is 1.49. The van der Waals surface area contributed by atoms with E-state index in [4.69, 9.17) is 24.7 Å². The SMILES string of the molecule is [2H]C([2H])([2H])C([2H])([2H])C([2H])([2H])C([2H])([2H])OC(=O)OC([2H])([2H])C([2H])([2H])C([2H])([2H])C([2H])([2H])[2H]. The Hall–Kier alpha value is -0.730. The van der Waals surface area contributed by atoms with Gasteiger partial charge in [0.2, 0.25) is 0 Å². The van der Waals surface area contributed by atoms with Gasteiger partial charge in [-0.15, -0.1) is 0 Å². The minimum absolute atomic E-state index is 2.53. The Kier molecular flexibility index (Phi) is 1.04. The number of carbonyl (C=O) groups excluding carboxylic acids is 1. The van der Waals surface area contributed by atoms with Crippen LogP contribution in [0.15, 0.2) is 0 Å². The van der Waals surface area contributed by atoms with E-state index in [-0.39, 0.29) is 0 Å². The fraction of sp³-hybridized carbons (Fsp3) is 0.889. The van der Waals surface area contributed by atoms with Crippen molar-refractivity contribution >= 4 is 6.16 Å². The summed E-state index contributed by atoms with van der Waals surface area (Å²) in [6.45, 7) is -15.7. The summed E-state index contributed by atoms with van der Waals surface area (Å²) in [5, 5.41) is 0. The molecule has 0 atom stereocenters. The molecule has 0 aliphatic rings. The average molecular weight is 192 g/mol. The summed E-state index contributed by atoms with van der Waals surface area (Å²) in [5.41, 5.74) is 0. The van der Waals surface area contributed by atoms with Crippen molar-refractivity contribution in [2.75, 3.05) is 13.1 Å². The van der Waals surface area contributed by atoms with E-state index in [0.717, 1.165) is 0 Å². The van der Waals surface area contributed by atoms with Crippen molar-refractivity contribution in [3.63, 3.8) is 0 Å². The van der Waals surface area contributed by atoms with E-state index in [1.54, 1.807) is 0 Å². The molecule has 0 radical (unpaired) electrons. The van der Waals surface area contributed by atoms with Gasteiger partial charge < -0.3 is 9.47 Å². The molecule has 0 aromatic heterocycles. The van der Waals surface area contributed by atoms with Gasteiger partial charge in [0.05, 0.1) is 18.6 Å². The summed E-state index contributed by atoms with van der Waals surface area (Å²) in [4.78, 5) is 11.7. The fourth-order valence-corrected chi connectivity index (χ4v) is 0.206. The lowest BCUT2D eigenvalue weighted by atomic mass is 10.4. The monoisotopic (exact) mass is 192 g/mol. The molecule has 0 aromatic carbocycles. The van der Waals surface area contributed by atoms with E-state index >= 15 is 0 Å². The van der Waals surface area contributed by atoms with E-state index in [2.05, 4.69) is 9.47 Å².